The van der Waals surface area contributed by atoms with Crippen molar-refractivity contribution in [1.29, 1.82) is 0 Å². The molecule has 3 aliphatic carbocycles. The number of benzene rings is 1. The highest BCUT2D eigenvalue weighted by molar-refractivity contribution is 6.34. The summed E-state index contributed by atoms with van der Waals surface area (Å²) in [5.41, 5.74) is 4.37. The first-order valence-corrected chi connectivity index (χ1v) is 9.24. The van der Waals surface area contributed by atoms with Crippen LogP contribution in [0, 0.1) is 12.8 Å². The fourth-order valence-corrected chi connectivity index (χ4v) is 5.05. The van der Waals surface area contributed by atoms with Gasteiger partial charge in [0.2, 0.25) is 0 Å². The lowest BCUT2D eigenvalue weighted by molar-refractivity contribution is 0.132. The predicted octanol–water partition coefficient (Wildman–Crippen LogP) is 4.91. The number of aromatic amines is 1. The molecule has 3 fully saturated rings. The van der Waals surface area contributed by atoms with Crippen molar-refractivity contribution >= 4 is 17.2 Å². The zero-order chi connectivity index (χ0) is 16.3. The predicted molar refractivity (Wildman–Crippen MR) is 95.4 cm³/mol. The van der Waals surface area contributed by atoms with Crippen LogP contribution in [0.15, 0.2) is 24.3 Å². The van der Waals surface area contributed by atoms with E-state index in [-0.39, 0.29) is 5.41 Å². The lowest BCUT2D eigenvalue weighted by Crippen LogP contribution is -2.38. The van der Waals surface area contributed by atoms with Crippen molar-refractivity contribution in [3.05, 3.63) is 40.5 Å². The molecule has 0 radical (unpaired) electrons. The highest BCUT2D eigenvalue weighted by Crippen LogP contribution is 2.53. The molecule has 3 aromatic rings. The van der Waals surface area contributed by atoms with Crippen molar-refractivity contribution in [2.45, 2.75) is 50.9 Å². The highest BCUT2D eigenvalue weighted by atomic mass is 35.5. The number of rotatable bonds is 2. The van der Waals surface area contributed by atoms with Crippen LogP contribution in [0.5, 0.6) is 0 Å². The normalized spacial score (nSPS) is 26.3. The largest absolute Gasteiger partial charge is 0.278 e. The van der Waals surface area contributed by atoms with Gasteiger partial charge in [0.25, 0.3) is 0 Å². The van der Waals surface area contributed by atoms with Gasteiger partial charge >= 0.3 is 0 Å². The smallest absolute Gasteiger partial charge is 0.194 e. The summed E-state index contributed by atoms with van der Waals surface area (Å²) in [6, 6.07) is 8.25. The van der Waals surface area contributed by atoms with E-state index in [0.29, 0.717) is 0 Å². The van der Waals surface area contributed by atoms with Crippen molar-refractivity contribution in [3.63, 3.8) is 0 Å². The molecule has 1 aromatic carbocycles. The summed E-state index contributed by atoms with van der Waals surface area (Å²) in [7, 11) is 0. The number of halogens is 1. The maximum Gasteiger partial charge on any atom is 0.194 e. The number of nitrogens with one attached hydrogen (secondary N) is 1. The van der Waals surface area contributed by atoms with Crippen molar-refractivity contribution in [3.8, 4) is 11.4 Å². The first-order chi connectivity index (χ1) is 11.6. The Morgan fingerprint density at radius 1 is 1.21 bits per heavy atom. The molecule has 0 saturated heterocycles. The Balaban J connectivity index is 1.59. The molecule has 24 heavy (non-hydrogen) atoms. The lowest BCUT2D eigenvalue weighted by Gasteiger charge is -2.46. The van der Waals surface area contributed by atoms with Crippen LogP contribution >= 0.6 is 11.6 Å². The molecule has 6 rings (SSSR count). The summed E-state index contributed by atoms with van der Waals surface area (Å²) in [4.78, 5) is 4.71. The number of hydrogen-bond acceptors (Lipinski definition) is 2. The summed E-state index contributed by atoms with van der Waals surface area (Å²) in [5, 5.41) is 8.88. The maximum atomic E-state index is 6.75. The molecule has 1 N–H and O–H groups in total. The second-order valence-electron chi connectivity index (χ2n) is 7.60. The number of nitrogens with zero attached hydrogens (tertiary/aromatic N) is 3. The Hall–Kier alpha value is -1.81. The molecule has 4 nitrogen and oxygen atoms in total. The molecule has 5 heteroatoms. The van der Waals surface area contributed by atoms with Gasteiger partial charge in [0.05, 0.1) is 5.69 Å². The van der Waals surface area contributed by atoms with Crippen LogP contribution in [0.2, 0.25) is 5.02 Å². The SMILES string of the molecule is Cc1cccc(-c2nc3c(Cl)c(C45CCC(CC4)CC5)[nH]n3n2)c1. The zero-order valence-electron chi connectivity index (χ0n) is 13.8. The van der Waals surface area contributed by atoms with Crippen LogP contribution in [0.3, 0.4) is 0 Å². The molecule has 0 unspecified atom stereocenters. The minimum Gasteiger partial charge on any atom is -0.278 e. The average Bonchev–Trinajstić information content (AvgIpc) is 3.17. The average molecular weight is 341 g/mol. The molecule has 2 heterocycles. The molecule has 3 saturated carbocycles. The number of aryl methyl sites for hydroxylation is 1. The van der Waals surface area contributed by atoms with Crippen LogP contribution in [0.1, 0.15) is 49.8 Å². The van der Waals surface area contributed by atoms with E-state index in [0.717, 1.165) is 33.7 Å². The van der Waals surface area contributed by atoms with Crippen molar-refractivity contribution < 1.29 is 0 Å². The first kappa shape index (κ1) is 14.5. The third-order valence-electron chi connectivity index (χ3n) is 6.14. The number of H-pyrrole nitrogens is 1. The van der Waals surface area contributed by atoms with Gasteiger partial charge in [-0.2, -0.15) is 4.63 Å². The maximum absolute atomic E-state index is 6.75. The monoisotopic (exact) mass is 340 g/mol. The van der Waals surface area contributed by atoms with Crippen molar-refractivity contribution in [1.82, 2.24) is 19.8 Å². The van der Waals surface area contributed by atoms with E-state index in [2.05, 4.69) is 29.3 Å². The fourth-order valence-electron chi connectivity index (χ4n) is 4.68. The lowest BCUT2D eigenvalue weighted by atomic mass is 9.59. The second kappa shape index (κ2) is 5.09. The molecule has 0 atom stereocenters. The van der Waals surface area contributed by atoms with Gasteiger partial charge in [-0.05, 0) is 57.4 Å². The molecule has 0 spiro atoms. The van der Waals surface area contributed by atoms with Gasteiger partial charge in [-0.1, -0.05) is 35.4 Å². The molecule has 2 bridgehead atoms. The Bertz CT molecular complexity index is 901. The molecular formula is C19H21ClN4. The van der Waals surface area contributed by atoms with Gasteiger partial charge < -0.3 is 0 Å². The van der Waals surface area contributed by atoms with E-state index >= 15 is 0 Å². The van der Waals surface area contributed by atoms with Gasteiger partial charge in [-0.25, -0.2) is 4.98 Å². The molecule has 0 amide bonds. The van der Waals surface area contributed by atoms with Crippen LogP contribution in [0.25, 0.3) is 17.0 Å². The summed E-state index contributed by atoms with van der Waals surface area (Å²) in [6.45, 7) is 2.08. The Kier molecular flexibility index (Phi) is 3.08. The Morgan fingerprint density at radius 2 is 1.96 bits per heavy atom. The van der Waals surface area contributed by atoms with Crippen LogP contribution in [-0.2, 0) is 5.41 Å². The topological polar surface area (TPSA) is 46.0 Å². The van der Waals surface area contributed by atoms with Crippen molar-refractivity contribution in [2.24, 2.45) is 5.92 Å². The first-order valence-electron chi connectivity index (χ1n) is 8.86. The van der Waals surface area contributed by atoms with E-state index in [9.17, 15) is 0 Å². The third-order valence-corrected chi connectivity index (χ3v) is 6.50. The van der Waals surface area contributed by atoms with E-state index in [1.54, 1.807) is 4.63 Å². The minimum atomic E-state index is 0.220. The summed E-state index contributed by atoms with van der Waals surface area (Å²) in [5.74, 6) is 1.67. The second-order valence-corrected chi connectivity index (χ2v) is 7.98. The van der Waals surface area contributed by atoms with Gasteiger partial charge in [-0.3, -0.25) is 5.10 Å². The van der Waals surface area contributed by atoms with Gasteiger partial charge in [-0.15, -0.1) is 5.10 Å². The van der Waals surface area contributed by atoms with E-state index in [1.807, 2.05) is 12.1 Å². The van der Waals surface area contributed by atoms with E-state index in [4.69, 9.17) is 16.6 Å². The molecular weight excluding hydrogens is 320 g/mol. The Labute approximate surface area is 146 Å². The van der Waals surface area contributed by atoms with Gasteiger partial charge in [0.1, 0.15) is 5.02 Å². The number of fused-ring (bicyclic) bond motifs is 4. The number of aromatic nitrogens is 4. The van der Waals surface area contributed by atoms with Crippen LogP contribution < -0.4 is 0 Å². The summed E-state index contributed by atoms with van der Waals surface area (Å²) in [6.07, 6.45) is 7.72. The molecule has 2 aromatic heterocycles. The van der Waals surface area contributed by atoms with E-state index in [1.165, 1.54) is 44.1 Å². The van der Waals surface area contributed by atoms with Gasteiger partial charge in [0.15, 0.2) is 11.5 Å². The van der Waals surface area contributed by atoms with Gasteiger partial charge in [0, 0.05) is 11.0 Å². The van der Waals surface area contributed by atoms with E-state index < -0.39 is 0 Å². The molecule has 124 valence electrons. The van der Waals surface area contributed by atoms with Crippen molar-refractivity contribution in [2.75, 3.05) is 0 Å². The number of hydrogen-bond donors (Lipinski definition) is 1. The summed E-state index contributed by atoms with van der Waals surface area (Å²) < 4.78 is 1.77. The van der Waals surface area contributed by atoms with Crippen LogP contribution in [-0.4, -0.2) is 19.8 Å². The quantitative estimate of drug-likeness (QED) is 0.720. The standard InChI is InChI=1S/C19H21ClN4/c1-12-3-2-4-14(11-12)17-21-18-15(20)16(22-24(18)23-17)19-8-5-13(6-9-19)7-10-19/h2-4,11,13,22H,5-10H2,1H3. The Morgan fingerprint density at radius 3 is 2.62 bits per heavy atom. The fraction of sp³-hybridized carbons (Fsp3) is 0.474. The molecule has 0 aliphatic heterocycles. The third kappa shape index (κ3) is 2.05. The molecule has 3 aliphatic rings. The minimum absolute atomic E-state index is 0.220. The zero-order valence-corrected chi connectivity index (χ0v) is 14.6. The highest BCUT2D eigenvalue weighted by Gasteiger charge is 2.44. The van der Waals surface area contributed by atoms with Crippen LogP contribution in [0.4, 0.5) is 0 Å². The summed E-state index contributed by atoms with van der Waals surface area (Å²) >= 11 is 6.75.